The summed E-state index contributed by atoms with van der Waals surface area (Å²) >= 11 is 12.1. The second-order valence-electron chi connectivity index (χ2n) is 6.75. The van der Waals surface area contributed by atoms with Gasteiger partial charge in [-0.15, -0.1) is 0 Å². The Hall–Kier alpha value is -2.24. The third-order valence-corrected chi connectivity index (χ3v) is 5.38. The Labute approximate surface area is 175 Å². The molecule has 3 amide bonds. The highest BCUT2D eigenvalue weighted by molar-refractivity contribution is 6.31. The Morgan fingerprint density at radius 1 is 0.929 bits per heavy atom. The summed E-state index contributed by atoms with van der Waals surface area (Å²) in [7, 11) is 0. The molecule has 1 aliphatic rings. The van der Waals surface area contributed by atoms with Gasteiger partial charge >= 0.3 is 6.03 Å². The fourth-order valence-corrected chi connectivity index (χ4v) is 3.66. The lowest BCUT2D eigenvalue weighted by molar-refractivity contribution is -0.131. The van der Waals surface area contributed by atoms with E-state index in [2.05, 4.69) is 5.32 Å². The molecule has 0 radical (unpaired) electrons. The van der Waals surface area contributed by atoms with Crippen LogP contribution in [0.4, 0.5) is 10.5 Å². The Balaban J connectivity index is 1.50. The van der Waals surface area contributed by atoms with Gasteiger partial charge in [-0.1, -0.05) is 47.5 Å². The van der Waals surface area contributed by atoms with Crippen molar-refractivity contribution in [2.75, 3.05) is 31.5 Å². The maximum Gasteiger partial charge on any atom is 0.321 e. The molecule has 1 heterocycles. The SMILES string of the molecule is O=C(CCc1ccccc1Cl)N1CCCN(C(=O)Nc2cccc(Cl)c2)CC1. The van der Waals surface area contributed by atoms with Gasteiger partial charge in [0.05, 0.1) is 0 Å². The predicted molar refractivity (Wildman–Crippen MR) is 113 cm³/mol. The number of anilines is 1. The molecule has 0 aliphatic carbocycles. The minimum Gasteiger partial charge on any atom is -0.341 e. The Morgan fingerprint density at radius 3 is 2.46 bits per heavy atom. The van der Waals surface area contributed by atoms with Crippen LogP contribution in [-0.4, -0.2) is 47.9 Å². The van der Waals surface area contributed by atoms with Crippen molar-refractivity contribution in [2.45, 2.75) is 19.3 Å². The third-order valence-electron chi connectivity index (χ3n) is 4.78. The Morgan fingerprint density at radius 2 is 1.68 bits per heavy atom. The van der Waals surface area contributed by atoms with Crippen molar-refractivity contribution in [1.82, 2.24) is 9.80 Å². The molecule has 1 fully saturated rings. The standard InChI is InChI=1S/C21H23Cl2N3O2/c22-17-6-3-7-18(15-17)24-21(28)26-12-4-11-25(13-14-26)20(27)10-9-16-5-1-2-8-19(16)23/h1-3,5-8,15H,4,9-14H2,(H,24,28). The molecule has 28 heavy (non-hydrogen) atoms. The molecule has 0 bridgehead atoms. The number of hydrogen-bond acceptors (Lipinski definition) is 2. The van der Waals surface area contributed by atoms with Gasteiger partial charge in [0, 0.05) is 48.3 Å². The highest BCUT2D eigenvalue weighted by Gasteiger charge is 2.22. The first-order valence-corrected chi connectivity index (χ1v) is 10.1. The molecule has 2 aromatic rings. The van der Waals surface area contributed by atoms with Gasteiger partial charge in [-0.25, -0.2) is 4.79 Å². The molecule has 2 aromatic carbocycles. The molecule has 0 spiro atoms. The molecule has 3 rings (SSSR count). The number of rotatable bonds is 4. The third kappa shape index (κ3) is 5.63. The van der Waals surface area contributed by atoms with Crippen molar-refractivity contribution in [3.8, 4) is 0 Å². The number of aryl methyl sites for hydroxylation is 1. The summed E-state index contributed by atoms with van der Waals surface area (Å²) < 4.78 is 0. The van der Waals surface area contributed by atoms with E-state index in [0.717, 1.165) is 12.0 Å². The number of nitrogens with one attached hydrogen (secondary N) is 1. The van der Waals surface area contributed by atoms with Crippen molar-refractivity contribution in [2.24, 2.45) is 0 Å². The molecular weight excluding hydrogens is 397 g/mol. The molecular formula is C21H23Cl2N3O2. The average Bonchev–Trinajstić information content (AvgIpc) is 2.93. The van der Waals surface area contributed by atoms with E-state index in [1.807, 2.05) is 29.2 Å². The Bertz CT molecular complexity index is 844. The first-order valence-electron chi connectivity index (χ1n) is 9.35. The van der Waals surface area contributed by atoms with E-state index >= 15 is 0 Å². The van der Waals surface area contributed by atoms with E-state index in [-0.39, 0.29) is 11.9 Å². The highest BCUT2D eigenvalue weighted by Crippen LogP contribution is 2.18. The van der Waals surface area contributed by atoms with Crippen LogP contribution in [0.15, 0.2) is 48.5 Å². The molecule has 0 unspecified atom stereocenters. The summed E-state index contributed by atoms with van der Waals surface area (Å²) in [5.41, 5.74) is 1.64. The predicted octanol–water partition coefficient (Wildman–Crippen LogP) is 4.69. The highest BCUT2D eigenvalue weighted by atomic mass is 35.5. The minimum atomic E-state index is -0.173. The lowest BCUT2D eigenvalue weighted by Gasteiger charge is -2.22. The number of amides is 3. The van der Waals surface area contributed by atoms with E-state index in [4.69, 9.17) is 23.2 Å². The van der Waals surface area contributed by atoms with E-state index in [9.17, 15) is 9.59 Å². The summed E-state index contributed by atoms with van der Waals surface area (Å²) in [4.78, 5) is 28.7. The molecule has 5 nitrogen and oxygen atoms in total. The normalized spacial score (nSPS) is 14.5. The van der Waals surface area contributed by atoms with Crippen LogP contribution in [0, 0.1) is 0 Å². The molecule has 0 saturated carbocycles. The molecule has 1 saturated heterocycles. The van der Waals surface area contributed by atoms with Gasteiger partial charge in [0.25, 0.3) is 0 Å². The summed E-state index contributed by atoms with van der Waals surface area (Å²) in [5.74, 6) is 0.0945. The molecule has 1 aliphatic heterocycles. The lowest BCUT2D eigenvalue weighted by Crippen LogP contribution is -2.39. The molecule has 0 atom stereocenters. The number of carbonyl (C=O) groups excluding carboxylic acids is 2. The van der Waals surface area contributed by atoms with Gasteiger partial charge in [-0.05, 0) is 42.7 Å². The number of halogens is 2. The second-order valence-corrected chi connectivity index (χ2v) is 7.60. The molecule has 0 aromatic heterocycles. The molecule has 7 heteroatoms. The maximum atomic E-state index is 12.6. The van der Waals surface area contributed by atoms with Crippen LogP contribution in [0.1, 0.15) is 18.4 Å². The summed E-state index contributed by atoms with van der Waals surface area (Å²) in [6, 6.07) is 14.5. The fraction of sp³-hybridized carbons (Fsp3) is 0.333. The number of carbonyl (C=O) groups is 2. The van der Waals surface area contributed by atoms with Crippen LogP contribution in [0.25, 0.3) is 0 Å². The number of hydrogen-bond donors (Lipinski definition) is 1. The van der Waals surface area contributed by atoms with Gasteiger partial charge in [-0.2, -0.15) is 0 Å². The van der Waals surface area contributed by atoms with Crippen molar-refractivity contribution >= 4 is 40.8 Å². The maximum absolute atomic E-state index is 12.6. The van der Waals surface area contributed by atoms with Crippen LogP contribution in [0.3, 0.4) is 0 Å². The van der Waals surface area contributed by atoms with E-state index in [1.165, 1.54) is 0 Å². The summed E-state index contributed by atoms with van der Waals surface area (Å²) in [6.07, 6.45) is 1.78. The number of nitrogens with zero attached hydrogens (tertiary/aromatic N) is 2. The van der Waals surface area contributed by atoms with Crippen LogP contribution in [0.2, 0.25) is 10.0 Å². The van der Waals surface area contributed by atoms with Crippen molar-refractivity contribution in [3.05, 3.63) is 64.1 Å². The summed E-state index contributed by atoms with van der Waals surface area (Å²) in [6.45, 7) is 2.30. The van der Waals surface area contributed by atoms with Crippen LogP contribution in [-0.2, 0) is 11.2 Å². The minimum absolute atomic E-state index is 0.0945. The zero-order chi connectivity index (χ0) is 19.9. The van der Waals surface area contributed by atoms with Gasteiger partial charge in [0.1, 0.15) is 0 Å². The van der Waals surface area contributed by atoms with E-state index < -0.39 is 0 Å². The van der Waals surface area contributed by atoms with E-state index in [1.54, 1.807) is 29.2 Å². The quantitative estimate of drug-likeness (QED) is 0.780. The van der Waals surface area contributed by atoms with Crippen molar-refractivity contribution in [1.29, 1.82) is 0 Å². The zero-order valence-electron chi connectivity index (χ0n) is 15.5. The fourth-order valence-electron chi connectivity index (χ4n) is 3.24. The molecule has 1 N–H and O–H groups in total. The average molecular weight is 420 g/mol. The largest absolute Gasteiger partial charge is 0.341 e. The monoisotopic (exact) mass is 419 g/mol. The molecule has 148 valence electrons. The van der Waals surface area contributed by atoms with Gasteiger partial charge < -0.3 is 15.1 Å². The lowest BCUT2D eigenvalue weighted by atomic mass is 10.1. The smallest absolute Gasteiger partial charge is 0.321 e. The zero-order valence-corrected chi connectivity index (χ0v) is 17.0. The first kappa shape index (κ1) is 20.5. The van der Waals surface area contributed by atoms with Crippen LogP contribution >= 0.6 is 23.2 Å². The van der Waals surface area contributed by atoms with Crippen LogP contribution < -0.4 is 5.32 Å². The van der Waals surface area contributed by atoms with Crippen molar-refractivity contribution < 1.29 is 9.59 Å². The van der Waals surface area contributed by atoms with Gasteiger partial charge in [0.15, 0.2) is 0 Å². The topological polar surface area (TPSA) is 52.7 Å². The van der Waals surface area contributed by atoms with Gasteiger partial charge in [-0.3, -0.25) is 4.79 Å². The second kappa shape index (κ2) is 9.80. The van der Waals surface area contributed by atoms with E-state index in [0.29, 0.717) is 54.8 Å². The summed E-state index contributed by atoms with van der Waals surface area (Å²) in [5, 5.41) is 4.12. The number of urea groups is 1. The van der Waals surface area contributed by atoms with Gasteiger partial charge in [0.2, 0.25) is 5.91 Å². The van der Waals surface area contributed by atoms with Crippen molar-refractivity contribution in [3.63, 3.8) is 0 Å². The first-order chi connectivity index (χ1) is 13.5. The Kier molecular flexibility index (Phi) is 7.18. The number of benzene rings is 2. The van der Waals surface area contributed by atoms with Crippen LogP contribution in [0.5, 0.6) is 0 Å².